The summed E-state index contributed by atoms with van der Waals surface area (Å²) in [6.45, 7) is 12.9. The van der Waals surface area contributed by atoms with Crippen molar-refractivity contribution in [3.8, 4) is 17.2 Å². The third-order valence-electron chi connectivity index (χ3n) is 9.10. The third-order valence-corrected chi connectivity index (χ3v) is 9.10. The van der Waals surface area contributed by atoms with Crippen molar-refractivity contribution in [3.63, 3.8) is 0 Å². The highest BCUT2D eigenvalue weighted by Crippen LogP contribution is 2.42. The molecule has 6 rings (SSSR count). The normalized spacial score (nSPS) is 15.2. The van der Waals surface area contributed by atoms with Crippen molar-refractivity contribution >= 4 is 28.9 Å². The molecule has 246 valence electrons. The predicted molar refractivity (Wildman–Crippen MR) is 187 cm³/mol. The zero-order valence-electron chi connectivity index (χ0n) is 28.5. The van der Waals surface area contributed by atoms with Crippen LogP contribution in [0.25, 0.3) is 0 Å². The average Bonchev–Trinajstić information content (AvgIpc) is 3.06. The van der Waals surface area contributed by atoms with Crippen LogP contribution in [0.3, 0.4) is 0 Å². The first-order valence-electron chi connectivity index (χ1n) is 16.5. The summed E-state index contributed by atoms with van der Waals surface area (Å²) in [7, 11) is 3.20. The molecule has 0 unspecified atom stereocenters. The molecule has 4 aromatic rings. The number of carbonyl (C=O) groups is 1. The lowest BCUT2D eigenvalue weighted by Gasteiger charge is -2.37. The monoisotopic (exact) mass is 635 g/mol. The van der Waals surface area contributed by atoms with Gasteiger partial charge in [0.05, 0.1) is 38.2 Å². The lowest BCUT2D eigenvalue weighted by Crippen LogP contribution is -2.46. The van der Waals surface area contributed by atoms with Crippen LogP contribution in [0, 0.1) is 19.8 Å². The molecule has 9 nitrogen and oxygen atoms in total. The van der Waals surface area contributed by atoms with Crippen LogP contribution in [0.5, 0.6) is 17.2 Å². The van der Waals surface area contributed by atoms with Crippen LogP contribution in [-0.4, -0.2) is 49.4 Å². The third kappa shape index (κ3) is 6.57. The molecule has 0 aliphatic carbocycles. The SMILES string of the molecule is COc1ccc(N2C(=O)N(c3c(C)cccc3C)Cc3cnc(Cc4ccc(N5CCC(C)CC5)cc4OC(C)C)nc32)c(OC)c1. The number of anilines is 4. The van der Waals surface area contributed by atoms with Crippen molar-refractivity contribution < 1.29 is 19.0 Å². The number of ether oxygens (including phenoxy) is 3. The Labute approximate surface area is 278 Å². The van der Waals surface area contributed by atoms with Crippen molar-refractivity contribution in [2.45, 2.75) is 66.5 Å². The first kappa shape index (κ1) is 32.2. The van der Waals surface area contributed by atoms with Crippen LogP contribution >= 0.6 is 0 Å². The number of aromatic nitrogens is 2. The van der Waals surface area contributed by atoms with E-state index in [0.717, 1.165) is 52.7 Å². The molecule has 0 spiro atoms. The molecule has 1 fully saturated rings. The summed E-state index contributed by atoms with van der Waals surface area (Å²) in [6.07, 6.45) is 4.70. The van der Waals surface area contributed by atoms with E-state index in [2.05, 4.69) is 30.0 Å². The quantitative estimate of drug-likeness (QED) is 0.184. The van der Waals surface area contributed by atoms with Crippen LogP contribution < -0.4 is 28.9 Å². The topological polar surface area (TPSA) is 80.3 Å². The number of benzene rings is 3. The maximum Gasteiger partial charge on any atom is 0.335 e. The minimum absolute atomic E-state index is 0.0152. The van der Waals surface area contributed by atoms with Crippen molar-refractivity contribution in [2.24, 2.45) is 5.92 Å². The molecule has 3 heterocycles. The van der Waals surface area contributed by atoms with E-state index in [4.69, 9.17) is 24.2 Å². The average molecular weight is 636 g/mol. The Balaban J connectivity index is 1.41. The number of carbonyl (C=O) groups excluding carboxylic acids is 1. The smallest absolute Gasteiger partial charge is 0.335 e. The van der Waals surface area contributed by atoms with Crippen LogP contribution in [0.15, 0.2) is 60.8 Å². The first-order valence-corrected chi connectivity index (χ1v) is 16.5. The van der Waals surface area contributed by atoms with Crippen LogP contribution in [0.4, 0.5) is 27.7 Å². The lowest BCUT2D eigenvalue weighted by molar-refractivity contribution is 0.240. The van der Waals surface area contributed by atoms with E-state index in [-0.39, 0.29) is 12.1 Å². The summed E-state index contributed by atoms with van der Waals surface area (Å²) in [5, 5.41) is 0. The Morgan fingerprint density at radius 3 is 2.36 bits per heavy atom. The summed E-state index contributed by atoms with van der Waals surface area (Å²) in [4.78, 5) is 30.3. The molecule has 2 aliphatic rings. The van der Waals surface area contributed by atoms with E-state index in [9.17, 15) is 4.79 Å². The molecule has 1 aromatic heterocycles. The highest BCUT2D eigenvalue weighted by atomic mass is 16.5. The van der Waals surface area contributed by atoms with Gasteiger partial charge in [0.25, 0.3) is 0 Å². The number of para-hydroxylation sites is 1. The highest BCUT2D eigenvalue weighted by Gasteiger charge is 2.37. The van der Waals surface area contributed by atoms with Gasteiger partial charge in [-0.1, -0.05) is 31.2 Å². The van der Waals surface area contributed by atoms with Gasteiger partial charge in [0, 0.05) is 54.7 Å². The number of aryl methyl sites for hydroxylation is 2. The Kier molecular flexibility index (Phi) is 9.25. The summed E-state index contributed by atoms with van der Waals surface area (Å²) in [5.74, 6) is 3.87. The van der Waals surface area contributed by atoms with Crippen LogP contribution in [0.1, 0.15) is 61.7 Å². The molecule has 1 saturated heterocycles. The van der Waals surface area contributed by atoms with Gasteiger partial charge < -0.3 is 19.1 Å². The van der Waals surface area contributed by atoms with Crippen LogP contribution in [-0.2, 0) is 13.0 Å². The van der Waals surface area contributed by atoms with Gasteiger partial charge in [0.15, 0.2) is 0 Å². The Morgan fingerprint density at radius 2 is 1.68 bits per heavy atom. The molecule has 0 bridgehead atoms. The van der Waals surface area contributed by atoms with Gasteiger partial charge in [0.1, 0.15) is 28.9 Å². The van der Waals surface area contributed by atoms with Gasteiger partial charge in [-0.15, -0.1) is 0 Å². The number of amides is 2. The maximum absolute atomic E-state index is 14.5. The van der Waals surface area contributed by atoms with E-state index in [1.165, 1.54) is 18.5 Å². The standard InChI is InChI=1S/C38H45N5O4/c1-24(2)47-33-20-30(41-17-15-25(3)16-18-41)12-11-28(33)19-35-39-22-29-23-42(36-26(4)9-8-10-27(36)5)38(44)43(37(29)40-35)32-14-13-31(45-6)21-34(32)46-7/h8-14,20-22,24-25H,15-19,23H2,1-7H3. The van der Waals surface area contributed by atoms with E-state index in [0.29, 0.717) is 41.8 Å². The van der Waals surface area contributed by atoms with E-state index in [1.54, 1.807) is 30.1 Å². The fourth-order valence-electron chi connectivity index (χ4n) is 6.55. The highest BCUT2D eigenvalue weighted by molar-refractivity contribution is 6.11. The molecular weight excluding hydrogens is 590 g/mol. The summed E-state index contributed by atoms with van der Waals surface area (Å²) in [6, 6.07) is 17.7. The largest absolute Gasteiger partial charge is 0.497 e. The van der Waals surface area contributed by atoms with Crippen molar-refractivity contribution in [2.75, 3.05) is 42.0 Å². The number of piperidine rings is 1. The van der Waals surface area contributed by atoms with Gasteiger partial charge in [-0.2, -0.15) is 0 Å². The second kappa shape index (κ2) is 13.5. The molecule has 2 aliphatic heterocycles. The maximum atomic E-state index is 14.5. The number of hydrogen-bond donors (Lipinski definition) is 0. The fraction of sp³-hybridized carbons (Fsp3) is 0.395. The Bertz CT molecular complexity index is 1750. The number of nitrogens with zero attached hydrogens (tertiary/aromatic N) is 5. The van der Waals surface area contributed by atoms with Gasteiger partial charge in [0.2, 0.25) is 0 Å². The Hall–Kier alpha value is -4.79. The van der Waals surface area contributed by atoms with Gasteiger partial charge in [-0.3, -0.25) is 4.90 Å². The lowest BCUT2D eigenvalue weighted by atomic mass is 9.98. The minimum atomic E-state index is -0.216. The summed E-state index contributed by atoms with van der Waals surface area (Å²) >= 11 is 0. The Morgan fingerprint density at radius 1 is 0.936 bits per heavy atom. The molecule has 0 atom stereocenters. The number of hydrogen-bond acceptors (Lipinski definition) is 7. The molecule has 3 aromatic carbocycles. The second-order valence-corrected chi connectivity index (χ2v) is 12.9. The van der Waals surface area contributed by atoms with Gasteiger partial charge in [-0.25, -0.2) is 19.7 Å². The van der Waals surface area contributed by atoms with Crippen molar-refractivity contribution in [1.82, 2.24) is 9.97 Å². The molecule has 9 heteroatoms. The molecular formula is C38H45N5O4. The summed E-state index contributed by atoms with van der Waals surface area (Å²) < 4.78 is 17.6. The summed E-state index contributed by atoms with van der Waals surface area (Å²) in [5.41, 5.74) is 6.50. The number of fused-ring (bicyclic) bond motifs is 1. The minimum Gasteiger partial charge on any atom is -0.497 e. The molecule has 47 heavy (non-hydrogen) atoms. The molecule has 0 radical (unpaired) electrons. The molecule has 0 saturated carbocycles. The van der Waals surface area contributed by atoms with E-state index < -0.39 is 0 Å². The van der Waals surface area contributed by atoms with E-state index in [1.807, 2.05) is 64.2 Å². The van der Waals surface area contributed by atoms with Crippen molar-refractivity contribution in [3.05, 3.63) is 88.9 Å². The van der Waals surface area contributed by atoms with Crippen molar-refractivity contribution in [1.29, 1.82) is 0 Å². The number of rotatable bonds is 9. The zero-order valence-corrected chi connectivity index (χ0v) is 28.5. The van der Waals surface area contributed by atoms with Gasteiger partial charge >= 0.3 is 6.03 Å². The number of urea groups is 1. The van der Waals surface area contributed by atoms with Gasteiger partial charge in [-0.05, 0) is 75.8 Å². The molecule has 0 N–H and O–H groups in total. The second-order valence-electron chi connectivity index (χ2n) is 12.9. The number of methoxy groups -OCH3 is 2. The fourth-order valence-corrected chi connectivity index (χ4v) is 6.55. The zero-order chi connectivity index (χ0) is 33.2. The molecule has 2 amide bonds. The van der Waals surface area contributed by atoms with E-state index >= 15 is 0 Å². The van der Waals surface area contributed by atoms with Crippen LogP contribution in [0.2, 0.25) is 0 Å². The predicted octanol–water partition coefficient (Wildman–Crippen LogP) is 8.00. The first-order chi connectivity index (χ1) is 22.7.